The highest BCUT2D eigenvalue weighted by atomic mass is 16.6. The summed E-state index contributed by atoms with van der Waals surface area (Å²) in [6.45, 7) is 0. The van der Waals surface area contributed by atoms with Crippen LogP contribution in [0.5, 0.6) is 0 Å². The number of benzene rings is 1. The number of nitro groups is 1. The van der Waals surface area contributed by atoms with Crippen LogP contribution in [0, 0.1) is 21.4 Å². The normalized spacial score (nSPS) is 22.5. The van der Waals surface area contributed by atoms with Crippen molar-refractivity contribution in [2.75, 3.05) is 5.32 Å². The van der Waals surface area contributed by atoms with Gasteiger partial charge in [-0.15, -0.1) is 0 Å². The maximum atomic E-state index is 10.7. The molecule has 2 atom stereocenters. The molecule has 0 aromatic heterocycles. The minimum atomic E-state index is -0.528. The second kappa shape index (κ2) is 5.67. The molecule has 1 aromatic rings. The molecule has 0 bridgehead atoms. The number of aliphatic hydroxyl groups is 1. The predicted octanol–water partition coefficient (Wildman–Crippen LogP) is 2.18. The number of nitro benzene ring substituents is 1. The molecule has 1 aliphatic rings. The Morgan fingerprint density at radius 3 is 2.79 bits per heavy atom. The third kappa shape index (κ3) is 3.01. The van der Waals surface area contributed by atoms with Gasteiger partial charge in [0.2, 0.25) is 0 Å². The van der Waals surface area contributed by atoms with Gasteiger partial charge in [-0.25, -0.2) is 0 Å². The predicted molar refractivity (Wildman–Crippen MR) is 69.7 cm³/mol. The van der Waals surface area contributed by atoms with E-state index < -0.39 is 11.0 Å². The van der Waals surface area contributed by atoms with Crippen molar-refractivity contribution in [1.29, 1.82) is 5.26 Å². The van der Waals surface area contributed by atoms with Crippen molar-refractivity contribution in [1.82, 2.24) is 0 Å². The van der Waals surface area contributed by atoms with Crippen LogP contribution in [-0.2, 0) is 0 Å². The zero-order valence-electron chi connectivity index (χ0n) is 10.4. The number of nitrogens with zero attached hydrogens (tertiary/aromatic N) is 2. The minimum absolute atomic E-state index is 0.0951. The lowest BCUT2D eigenvalue weighted by Gasteiger charge is -2.29. The zero-order valence-corrected chi connectivity index (χ0v) is 10.4. The van der Waals surface area contributed by atoms with Gasteiger partial charge in [-0.2, -0.15) is 5.26 Å². The summed E-state index contributed by atoms with van der Waals surface area (Å²) in [5.41, 5.74) is 0.664. The van der Waals surface area contributed by atoms with Gasteiger partial charge in [0.05, 0.1) is 28.3 Å². The van der Waals surface area contributed by atoms with E-state index in [1.54, 1.807) is 0 Å². The lowest BCUT2D eigenvalue weighted by Crippen LogP contribution is -2.36. The Kier molecular flexibility index (Phi) is 3.97. The average molecular weight is 261 g/mol. The molecule has 6 heteroatoms. The molecule has 100 valence electrons. The first-order chi connectivity index (χ1) is 9.11. The first-order valence-corrected chi connectivity index (χ1v) is 6.25. The Hall–Kier alpha value is -2.13. The molecule has 0 amide bonds. The second-order valence-corrected chi connectivity index (χ2v) is 4.70. The molecule has 0 aliphatic heterocycles. The van der Waals surface area contributed by atoms with Gasteiger partial charge in [-0.3, -0.25) is 10.1 Å². The van der Waals surface area contributed by atoms with E-state index >= 15 is 0 Å². The molecular formula is C13H15N3O3. The topological polar surface area (TPSA) is 99.2 Å². The average Bonchev–Trinajstić information content (AvgIpc) is 2.41. The molecule has 6 nitrogen and oxygen atoms in total. The maximum Gasteiger partial charge on any atom is 0.270 e. The van der Waals surface area contributed by atoms with E-state index in [9.17, 15) is 15.2 Å². The Labute approximate surface area is 110 Å². The number of nitriles is 1. The van der Waals surface area contributed by atoms with Gasteiger partial charge in [0, 0.05) is 12.1 Å². The van der Waals surface area contributed by atoms with Crippen molar-refractivity contribution in [3.05, 3.63) is 33.9 Å². The molecule has 0 heterocycles. The Morgan fingerprint density at radius 1 is 1.42 bits per heavy atom. The van der Waals surface area contributed by atoms with Crippen molar-refractivity contribution >= 4 is 11.4 Å². The largest absolute Gasteiger partial charge is 0.391 e. The highest BCUT2D eigenvalue weighted by molar-refractivity contribution is 5.61. The van der Waals surface area contributed by atoms with Gasteiger partial charge >= 0.3 is 0 Å². The second-order valence-electron chi connectivity index (χ2n) is 4.70. The number of aliphatic hydroxyl groups excluding tert-OH is 1. The lowest BCUT2D eigenvalue weighted by atomic mass is 9.92. The fraction of sp³-hybridized carbons (Fsp3) is 0.462. The van der Waals surface area contributed by atoms with Crippen molar-refractivity contribution < 1.29 is 10.0 Å². The van der Waals surface area contributed by atoms with Crippen LogP contribution < -0.4 is 5.32 Å². The van der Waals surface area contributed by atoms with Crippen LogP contribution in [0.2, 0.25) is 0 Å². The molecule has 1 aromatic carbocycles. The molecule has 1 saturated carbocycles. The quantitative estimate of drug-likeness (QED) is 0.641. The maximum absolute atomic E-state index is 10.7. The number of nitrogens with one attached hydrogen (secondary N) is 1. The first-order valence-electron chi connectivity index (χ1n) is 6.25. The summed E-state index contributed by atoms with van der Waals surface area (Å²) in [5, 5.41) is 32.7. The fourth-order valence-corrected chi connectivity index (χ4v) is 2.34. The summed E-state index contributed by atoms with van der Waals surface area (Å²) >= 11 is 0. The van der Waals surface area contributed by atoms with Gasteiger partial charge in [0.1, 0.15) is 6.07 Å². The van der Waals surface area contributed by atoms with Crippen LogP contribution in [-0.4, -0.2) is 22.2 Å². The van der Waals surface area contributed by atoms with Crippen LogP contribution in [0.3, 0.4) is 0 Å². The number of hydrogen-bond donors (Lipinski definition) is 2. The first kappa shape index (κ1) is 13.3. The van der Waals surface area contributed by atoms with E-state index in [2.05, 4.69) is 5.32 Å². The summed E-state index contributed by atoms with van der Waals surface area (Å²) in [5.74, 6) is 0. The monoisotopic (exact) mass is 261 g/mol. The summed E-state index contributed by atoms with van der Waals surface area (Å²) in [6.07, 6.45) is 3.18. The van der Waals surface area contributed by atoms with Gasteiger partial charge < -0.3 is 10.4 Å². The van der Waals surface area contributed by atoms with Crippen LogP contribution >= 0.6 is 0 Å². The summed E-state index contributed by atoms with van der Waals surface area (Å²) in [7, 11) is 0. The van der Waals surface area contributed by atoms with Gasteiger partial charge in [0.25, 0.3) is 5.69 Å². The molecule has 19 heavy (non-hydrogen) atoms. The third-order valence-corrected chi connectivity index (χ3v) is 3.40. The molecule has 1 aliphatic carbocycles. The van der Waals surface area contributed by atoms with Crippen molar-refractivity contribution in [2.24, 2.45) is 0 Å². The van der Waals surface area contributed by atoms with E-state index in [1.165, 1.54) is 18.2 Å². The summed E-state index contributed by atoms with van der Waals surface area (Å²) < 4.78 is 0. The van der Waals surface area contributed by atoms with E-state index in [4.69, 9.17) is 5.26 Å². The van der Waals surface area contributed by atoms with E-state index in [-0.39, 0.29) is 17.3 Å². The number of rotatable bonds is 3. The Morgan fingerprint density at radius 2 is 2.16 bits per heavy atom. The van der Waals surface area contributed by atoms with Crippen molar-refractivity contribution in [3.63, 3.8) is 0 Å². The molecule has 0 spiro atoms. The van der Waals surface area contributed by atoms with Crippen molar-refractivity contribution in [3.8, 4) is 6.07 Å². The molecule has 2 rings (SSSR count). The molecule has 2 N–H and O–H groups in total. The number of anilines is 1. The fourth-order valence-electron chi connectivity index (χ4n) is 2.34. The van der Waals surface area contributed by atoms with E-state index in [0.29, 0.717) is 5.69 Å². The smallest absolute Gasteiger partial charge is 0.270 e. The van der Waals surface area contributed by atoms with Gasteiger partial charge in [0.15, 0.2) is 0 Å². The third-order valence-electron chi connectivity index (χ3n) is 3.40. The SMILES string of the molecule is N#Cc1cc([N+](=O)[O-])ccc1NC1CCCCC1O. The lowest BCUT2D eigenvalue weighted by molar-refractivity contribution is -0.384. The molecular weight excluding hydrogens is 246 g/mol. The number of non-ortho nitro benzene ring substituents is 1. The number of hydrogen-bond acceptors (Lipinski definition) is 5. The Bertz CT molecular complexity index is 524. The molecule has 1 fully saturated rings. The van der Waals surface area contributed by atoms with Crippen LogP contribution in [0.4, 0.5) is 11.4 Å². The van der Waals surface area contributed by atoms with Crippen molar-refractivity contribution in [2.45, 2.75) is 37.8 Å². The van der Waals surface area contributed by atoms with E-state index in [0.717, 1.165) is 25.7 Å². The van der Waals surface area contributed by atoms with Crippen LogP contribution in [0.25, 0.3) is 0 Å². The Balaban J connectivity index is 2.20. The highest BCUT2D eigenvalue weighted by Crippen LogP contribution is 2.26. The highest BCUT2D eigenvalue weighted by Gasteiger charge is 2.23. The standard InChI is InChI=1S/C13H15N3O3/c14-8-9-7-10(16(18)19)5-6-11(9)15-12-3-1-2-4-13(12)17/h5-7,12-13,15,17H,1-4H2. The van der Waals surface area contributed by atoms with E-state index in [1.807, 2.05) is 6.07 Å². The summed E-state index contributed by atoms with van der Waals surface area (Å²) in [6, 6.07) is 5.98. The molecule has 0 saturated heterocycles. The summed E-state index contributed by atoms with van der Waals surface area (Å²) in [4.78, 5) is 10.1. The zero-order chi connectivity index (χ0) is 13.8. The molecule has 0 radical (unpaired) electrons. The van der Waals surface area contributed by atoms with Crippen LogP contribution in [0.1, 0.15) is 31.2 Å². The molecule has 2 unspecified atom stereocenters. The van der Waals surface area contributed by atoms with Crippen LogP contribution in [0.15, 0.2) is 18.2 Å². The van der Waals surface area contributed by atoms with Gasteiger partial charge in [-0.05, 0) is 18.9 Å². The minimum Gasteiger partial charge on any atom is -0.391 e. The van der Waals surface area contributed by atoms with Gasteiger partial charge in [-0.1, -0.05) is 12.8 Å².